The second kappa shape index (κ2) is 15.0. The SMILES string of the molecule is COc1ccc(N(CC(=O)N(Cc2ccccc2Cl)[C@H](Cc2ccccc2)C(=O)NC(C)(C)C)S(=O)(=O)c2ccccc2)cc1Cl. The standard InChI is InChI=1S/C35H37Cl2N3O5S/c1-35(2,3)38-34(42)31(21-25-13-7-5-8-14-25)39(23-26-15-11-12-18-29(26)36)33(41)24-40(27-19-20-32(45-4)30(37)22-27)46(43,44)28-16-9-6-10-17-28/h5-20,22,31H,21,23-24H2,1-4H3,(H,38,42)/t31-/m1/s1. The smallest absolute Gasteiger partial charge is 0.264 e. The van der Waals surface area contributed by atoms with E-state index in [0.717, 1.165) is 9.87 Å². The summed E-state index contributed by atoms with van der Waals surface area (Å²) in [4.78, 5) is 29.9. The Morgan fingerprint density at radius 1 is 0.848 bits per heavy atom. The summed E-state index contributed by atoms with van der Waals surface area (Å²) in [7, 11) is -2.82. The van der Waals surface area contributed by atoms with Crippen LogP contribution in [0, 0.1) is 0 Å². The quantitative estimate of drug-likeness (QED) is 0.178. The maximum Gasteiger partial charge on any atom is 0.264 e. The molecule has 4 rings (SSSR count). The molecule has 2 amide bonds. The molecule has 46 heavy (non-hydrogen) atoms. The van der Waals surface area contributed by atoms with Crippen LogP contribution in [0.25, 0.3) is 0 Å². The third kappa shape index (κ3) is 8.81. The highest BCUT2D eigenvalue weighted by Crippen LogP contribution is 2.32. The first kappa shape index (κ1) is 34.8. The van der Waals surface area contributed by atoms with E-state index >= 15 is 0 Å². The number of benzene rings is 4. The zero-order chi connectivity index (χ0) is 33.5. The molecule has 0 aliphatic rings. The van der Waals surface area contributed by atoms with Crippen molar-refractivity contribution >= 4 is 50.7 Å². The summed E-state index contributed by atoms with van der Waals surface area (Å²) in [6.45, 7) is 4.89. The molecule has 4 aromatic rings. The van der Waals surface area contributed by atoms with Crippen LogP contribution in [0.3, 0.4) is 0 Å². The summed E-state index contributed by atoms with van der Waals surface area (Å²) >= 11 is 13.0. The highest BCUT2D eigenvalue weighted by Gasteiger charge is 2.36. The first-order valence-corrected chi connectivity index (χ1v) is 16.8. The number of amides is 2. The molecule has 0 saturated heterocycles. The van der Waals surface area contributed by atoms with E-state index in [9.17, 15) is 18.0 Å². The molecular formula is C35H37Cl2N3O5S. The first-order chi connectivity index (χ1) is 21.8. The van der Waals surface area contributed by atoms with Crippen molar-refractivity contribution in [3.63, 3.8) is 0 Å². The van der Waals surface area contributed by atoms with Crippen LogP contribution in [0.1, 0.15) is 31.9 Å². The van der Waals surface area contributed by atoms with E-state index in [1.807, 2.05) is 51.1 Å². The maximum atomic E-state index is 14.6. The van der Waals surface area contributed by atoms with Crippen LogP contribution in [0.5, 0.6) is 5.75 Å². The minimum atomic E-state index is -4.27. The Hall–Kier alpha value is -4.05. The van der Waals surface area contributed by atoms with Crippen molar-refractivity contribution in [1.29, 1.82) is 0 Å². The largest absolute Gasteiger partial charge is 0.495 e. The lowest BCUT2D eigenvalue weighted by molar-refractivity contribution is -0.140. The number of nitrogens with one attached hydrogen (secondary N) is 1. The van der Waals surface area contributed by atoms with Gasteiger partial charge in [-0.05, 0) is 68.3 Å². The van der Waals surface area contributed by atoms with Crippen LogP contribution in [-0.2, 0) is 32.6 Å². The van der Waals surface area contributed by atoms with Crippen LogP contribution in [0.2, 0.25) is 10.0 Å². The van der Waals surface area contributed by atoms with E-state index in [1.165, 1.54) is 42.3 Å². The average molecular weight is 683 g/mol. The second-order valence-electron chi connectivity index (χ2n) is 11.7. The van der Waals surface area contributed by atoms with Crippen molar-refractivity contribution in [2.45, 2.75) is 50.2 Å². The molecule has 242 valence electrons. The van der Waals surface area contributed by atoms with E-state index in [1.54, 1.807) is 42.5 Å². The molecule has 0 spiro atoms. The van der Waals surface area contributed by atoms with Gasteiger partial charge in [0.25, 0.3) is 10.0 Å². The lowest BCUT2D eigenvalue weighted by Crippen LogP contribution is -2.56. The van der Waals surface area contributed by atoms with Crippen molar-refractivity contribution in [3.8, 4) is 5.75 Å². The molecule has 0 unspecified atom stereocenters. The molecule has 11 heteroatoms. The van der Waals surface area contributed by atoms with Crippen molar-refractivity contribution in [2.75, 3.05) is 18.0 Å². The molecule has 0 fully saturated rings. The van der Waals surface area contributed by atoms with Gasteiger partial charge in [0.2, 0.25) is 11.8 Å². The molecule has 0 bridgehead atoms. The van der Waals surface area contributed by atoms with E-state index < -0.39 is 34.1 Å². The number of nitrogens with zero attached hydrogens (tertiary/aromatic N) is 2. The summed E-state index contributed by atoms with van der Waals surface area (Å²) in [5.74, 6) is -0.658. The topological polar surface area (TPSA) is 96.0 Å². The van der Waals surface area contributed by atoms with E-state index in [-0.39, 0.29) is 34.5 Å². The van der Waals surface area contributed by atoms with Gasteiger partial charge in [-0.2, -0.15) is 0 Å². The zero-order valence-corrected chi connectivity index (χ0v) is 28.4. The number of rotatable bonds is 12. The molecule has 0 saturated carbocycles. The van der Waals surface area contributed by atoms with Gasteiger partial charge in [0, 0.05) is 23.5 Å². The number of ether oxygens (including phenoxy) is 1. The van der Waals surface area contributed by atoms with Crippen LogP contribution >= 0.6 is 23.2 Å². The fourth-order valence-corrected chi connectivity index (χ4v) is 6.75. The maximum absolute atomic E-state index is 14.6. The summed E-state index contributed by atoms with van der Waals surface area (Å²) < 4.78 is 34.5. The average Bonchev–Trinajstić information content (AvgIpc) is 3.02. The lowest BCUT2D eigenvalue weighted by Gasteiger charge is -2.35. The molecule has 4 aromatic carbocycles. The third-order valence-electron chi connectivity index (χ3n) is 7.10. The van der Waals surface area contributed by atoms with E-state index in [0.29, 0.717) is 16.3 Å². The first-order valence-electron chi connectivity index (χ1n) is 14.6. The third-order valence-corrected chi connectivity index (χ3v) is 9.55. The van der Waals surface area contributed by atoms with Crippen LogP contribution in [0.15, 0.2) is 108 Å². The second-order valence-corrected chi connectivity index (χ2v) is 14.4. The monoisotopic (exact) mass is 681 g/mol. The predicted molar refractivity (Wildman–Crippen MR) is 183 cm³/mol. The van der Waals surface area contributed by atoms with Crippen molar-refractivity contribution in [3.05, 3.63) is 124 Å². The fourth-order valence-electron chi connectivity index (χ4n) is 4.88. The van der Waals surface area contributed by atoms with Gasteiger partial charge in [-0.25, -0.2) is 8.42 Å². The molecule has 0 aliphatic heterocycles. The van der Waals surface area contributed by atoms with Gasteiger partial charge in [-0.3, -0.25) is 13.9 Å². The van der Waals surface area contributed by atoms with Crippen LogP contribution in [0.4, 0.5) is 5.69 Å². The van der Waals surface area contributed by atoms with Gasteiger partial charge >= 0.3 is 0 Å². The molecular weight excluding hydrogens is 645 g/mol. The number of carbonyl (C=O) groups is 2. The van der Waals surface area contributed by atoms with Crippen molar-refractivity contribution in [2.24, 2.45) is 0 Å². The predicted octanol–water partition coefficient (Wildman–Crippen LogP) is 6.75. The number of hydrogen-bond acceptors (Lipinski definition) is 5. The number of hydrogen-bond donors (Lipinski definition) is 1. The van der Waals surface area contributed by atoms with Crippen molar-refractivity contribution < 1.29 is 22.7 Å². The number of sulfonamides is 1. The number of halogens is 2. The van der Waals surface area contributed by atoms with Gasteiger partial charge in [-0.1, -0.05) is 89.9 Å². The van der Waals surface area contributed by atoms with Crippen LogP contribution < -0.4 is 14.4 Å². The Morgan fingerprint density at radius 2 is 1.46 bits per heavy atom. The molecule has 0 radical (unpaired) electrons. The Balaban J connectivity index is 1.84. The Kier molecular flexibility index (Phi) is 11.4. The molecule has 0 aliphatic carbocycles. The van der Waals surface area contributed by atoms with Gasteiger partial charge < -0.3 is 15.0 Å². The van der Waals surface area contributed by atoms with Gasteiger partial charge in [-0.15, -0.1) is 0 Å². The van der Waals surface area contributed by atoms with Gasteiger partial charge in [0.05, 0.1) is 22.7 Å². The summed E-state index contributed by atoms with van der Waals surface area (Å²) in [5.41, 5.74) is 0.973. The summed E-state index contributed by atoms with van der Waals surface area (Å²) in [6.07, 6.45) is 0.179. The zero-order valence-electron chi connectivity index (χ0n) is 26.1. The number of carbonyl (C=O) groups excluding carboxylic acids is 2. The Labute approximate surface area is 280 Å². The highest BCUT2D eigenvalue weighted by atomic mass is 35.5. The van der Waals surface area contributed by atoms with Gasteiger partial charge in [0.15, 0.2) is 0 Å². The number of anilines is 1. The van der Waals surface area contributed by atoms with Crippen LogP contribution in [-0.4, -0.2) is 50.4 Å². The highest BCUT2D eigenvalue weighted by molar-refractivity contribution is 7.92. The summed E-state index contributed by atoms with van der Waals surface area (Å²) in [5, 5.41) is 3.58. The lowest BCUT2D eigenvalue weighted by atomic mass is 10.0. The van der Waals surface area contributed by atoms with E-state index in [4.69, 9.17) is 27.9 Å². The molecule has 0 heterocycles. The Morgan fingerprint density at radius 3 is 2.04 bits per heavy atom. The Bertz CT molecular complexity index is 1760. The molecule has 8 nitrogen and oxygen atoms in total. The minimum Gasteiger partial charge on any atom is -0.495 e. The molecule has 1 N–H and O–H groups in total. The minimum absolute atomic E-state index is 0.0151. The van der Waals surface area contributed by atoms with E-state index in [2.05, 4.69) is 5.32 Å². The van der Waals surface area contributed by atoms with Gasteiger partial charge in [0.1, 0.15) is 18.3 Å². The molecule has 1 atom stereocenters. The number of methoxy groups -OCH3 is 1. The fraction of sp³-hybridized carbons (Fsp3) is 0.257. The van der Waals surface area contributed by atoms with Crippen molar-refractivity contribution in [1.82, 2.24) is 10.2 Å². The normalized spacial score (nSPS) is 12.2. The summed E-state index contributed by atoms with van der Waals surface area (Å²) in [6, 6.07) is 27.6. The molecule has 0 aromatic heterocycles.